The Kier molecular flexibility index (Phi) is 4.28. The van der Waals surface area contributed by atoms with Crippen molar-refractivity contribution in [3.8, 4) is 11.5 Å². The van der Waals surface area contributed by atoms with Gasteiger partial charge in [-0.05, 0) is 38.3 Å². The zero-order chi connectivity index (χ0) is 17.5. The Morgan fingerprint density at radius 2 is 2.12 bits per heavy atom. The van der Waals surface area contributed by atoms with Crippen molar-refractivity contribution >= 4 is 11.9 Å². The van der Waals surface area contributed by atoms with Crippen molar-refractivity contribution in [3.63, 3.8) is 0 Å². The number of carbonyl (C=O) groups is 2. The Hall–Kier alpha value is -2.04. The maximum atomic E-state index is 12.1. The van der Waals surface area contributed by atoms with Crippen LogP contribution in [0.1, 0.15) is 51.7 Å². The molecule has 5 nitrogen and oxygen atoms in total. The number of rotatable bonds is 4. The van der Waals surface area contributed by atoms with Gasteiger partial charge < -0.3 is 14.2 Å². The van der Waals surface area contributed by atoms with E-state index in [-0.39, 0.29) is 24.0 Å². The number of aryl methyl sites for hydroxylation is 1. The molecule has 130 valence electrons. The number of esters is 2. The number of hydrogen-bond donors (Lipinski definition) is 0. The fraction of sp³-hybridized carbons (Fsp3) is 0.579. The highest BCUT2D eigenvalue weighted by atomic mass is 16.6. The molecule has 0 radical (unpaired) electrons. The van der Waals surface area contributed by atoms with E-state index in [0.29, 0.717) is 30.8 Å². The van der Waals surface area contributed by atoms with E-state index in [1.807, 2.05) is 39.8 Å². The number of carbonyl (C=O) groups excluding carboxylic acids is 2. The van der Waals surface area contributed by atoms with Crippen molar-refractivity contribution < 1.29 is 23.8 Å². The Balaban J connectivity index is 1.80. The predicted octanol–water partition coefficient (Wildman–Crippen LogP) is 3.21. The van der Waals surface area contributed by atoms with Gasteiger partial charge in [0, 0.05) is 12.0 Å². The first-order chi connectivity index (χ1) is 11.3. The zero-order valence-electron chi connectivity index (χ0n) is 14.7. The third-order valence-electron chi connectivity index (χ3n) is 4.93. The largest absolute Gasteiger partial charge is 0.485 e. The van der Waals surface area contributed by atoms with E-state index >= 15 is 0 Å². The lowest BCUT2D eigenvalue weighted by Crippen LogP contribution is -2.44. The van der Waals surface area contributed by atoms with E-state index < -0.39 is 5.60 Å². The summed E-state index contributed by atoms with van der Waals surface area (Å²) >= 11 is 0. The van der Waals surface area contributed by atoms with Crippen LogP contribution in [0.15, 0.2) is 12.1 Å². The molecule has 1 unspecified atom stereocenters. The molecule has 0 spiro atoms. The summed E-state index contributed by atoms with van der Waals surface area (Å²) in [5.41, 5.74) is 1.18. The Morgan fingerprint density at radius 3 is 2.83 bits per heavy atom. The molecule has 0 saturated heterocycles. The normalized spacial score (nSPS) is 20.5. The minimum Gasteiger partial charge on any atom is -0.485 e. The van der Waals surface area contributed by atoms with Crippen LogP contribution in [0.5, 0.6) is 11.5 Å². The third kappa shape index (κ3) is 2.99. The van der Waals surface area contributed by atoms with Crippen LogP contribution in [0.2, 0.25) is 0 Å². The van der Waals surface area contributed by atoms with E-state index in [9.17, 15) is 9.59 Å². The van der Waals surface area contributed by atoms with Gasteiger partial charge in [0.2, 0.25) is 0 Å². The van der Waals surface area contributed by atoms with Gasteiger partial charge in [-0.3, -0.25) is 9.59 Å². The van der Waals surface area contributed by atoms with Crippen LogP contribution in [0.25, 0.3) is 0 Å². The summed E-state index contributed by atoms with van der Waals surface area (Å²) in [5, 5.41) is 0. The Morgan fingerprint density at radius 1 is 1.38 bits per heavy atom. The maximum Gasteiger partial charge on any atom is 0.311 e. The molecule has 0 bridgehead atoms. The van der Waals surface area contributed by atoms with Gasteiger partial charge in [-0.25, -0.2) is 0 Å². The van der Waals surface area contributed by atoms with E-state index in [0.717, 1.165) is 17.5 Å². The lowest BCUT2D eigenvalue weighted by Gasteiger charge is -2.31. The molecule has 2 heterocycles. The monoisotopic (exact) mass is 332 g/mol. The highest BCUT2D eigenvalue weighted by Crippen LogP contribution is 2.43. The molecule has 5 heteroatoms. The van der Waals surface area contributed by atoms with E-state index in [1.54, 1.807) is 0 Å². The van der Waals surface area contributed by atoms with E-state index in [4.69, 9.17) is 14.2 Å². The molecule has 0 aliphatic carbocycles. The summed E-state index contributed by atoms with van der Waals surface area (Å²) in [4.78, 5) is 23.8. The molecule has 0 saturated carbocycles. The molecule has 3 rings (SSSR count). The average molecular weight is 332 g/mol. The standard InChI is InChI=1S/C19H24O5/c1-5-11(2)18(21)24-19(3,4)15-10-13-14(22-15)8-6-12-7-9-16(20)23-17(12)13/h6,8,11,15H,5,7,9-10H2,1-4H3/t11?,15-/m0/s1. The SMILES string of the molecule is CCC(C)C(=O)OC(C)(C)[C@@H]1Cc2c(ccc3c2OC(=O)CC3)O1. The lowest BCUT2D eigenvalue weighted by molar-refractivity contribution is -0.169. The van der Waals surface area contributed by atoms with Gasteiger partial charge in [-0.2, -0.15) is 0 Å². The van der Waals surface area contributed by atoms with Crippen LogP contribution >= 0.6 is 0 Å². The molecule has 0 amide bonds. The highest BCUT2D eigenvalue weighted by Gasteiger charge is 2.42. The van der Waals surface area contributed by atoms with Crippen molar-refractivity contribution in [2.24, 2.45) is 5.92 Å². The summed E-state index contributed by atoms with van der Waals surface area (Å²) in [6.45, 7) is 7.55. The Bertz CT molecular complexity index is 677. The maximum absolute atomic E-state index is 12.1. The summed E-state index contributed by atoms with van der Waals surface area (Å²) in [5.74, 6) is 0.788. The number of benzene rings is 1. The molecular weight excluding hydrogens is 308 g/mol. The minimum absolute atomic E-state index is 0.137. The molecule has 0 N–H and O–H groups in total. The highest BCUT2D eigenvalue weighted by molar-refractivity contribution is 5.77. The summed E-state index contributed by atoms with van der Waals surface area (Å²) in [6.07, 6.45) is 2.11. The third-order valence-corrected chi connectivity index (χ3v) is 4.93. The van der Waals surface area contributed by atoms with Crippen molar-refractivity contribution in [1.29, 1.82) is 0 Å². The van der Waals surface area contributed by atoms with Crippen molar-refractivity contribution in [3.05, 3.63) is 23.3 Å². The van der Waals surface area contributed by atoms with Crippen LogP contribution in [-0.2, 0) is 27.2 Å². The molecule has 2 aliphatic heterocycles. The zero-order valence-corrected chi connectivity index (χ0v) is 14.7. The van der Waals surface area contributed by atoms with Gasteiger partial charge in [0.1, 0.15) is 23.2 Å². The average Bonchev–Trinajstić information content (AvgIpc) is 2.99. The van der Waals surface area contributed by atoms with Crippen molar-refractivity contribution in [1.82, 2.24) is 0 Å². The second-order valence-corrected chi connectivity index (χ2v) is 7.15. The van der Waals surface area contributed by atoms with Gasteiger partial charge in [-0.1, -0.05) is 19.9 Å². The van der Waals surface area contributed by atoms with Crippen LogP contribution in [-0.4, -0.2) is 23.6 Å². The first kappa shape index (κ1) is 16.8. The number of fused-ring (bicyclic) bond motifs is 3. The van der Waals surface area contributed by atoms with Crippen molar-refractivity contribution in [2.75, 3.05) is 0 Å². The van der Waals surface area contributed by atoms with Crippen LogP contribution in [0, 0.1) is 5.92 Å². The van der Waals surface area contributed by atoms with Crippen LogP contribution in [0.3, 0.4) is 0 Å². The second kappa shape index (κ2) is 6.11. The van der Waals surface area contributed by atoms with E-state index in [1.165, 1.54) is 0 Å². The summed E-state index contributed by atoms with van der Waals surface area (Å²) in [7, 11) is 0. The quantitative estimate of drug-likeness (QED) is 0.626. The van der Waals surface area contributed by atoms with Gasteiger partial charge in [0.05, 0.1) is 12.3 Å². The molecule has 24 heavy (non-hydrogen) atoms. The molecule has 1 aromatic rings. The predicted molar refractivity (Wildman–Crippen MR) is 88.1 cm³/mol. The molecule has 2 atom stereocenters. The summed E-state index contributed by atoms with van der Waals surface area (Å²) in [6, 6.07) is 3.86. The topological polar surface area (TPSA) is 61.8 Å². The molecule has 1 aromatic carbocycles. The molecule has 0 fully saturated rings. The molecule has 0 aromatic heterocycles. The van der Waals surface area contributed by atoms with E-state index in [2.05, 4.69) is 0 Å². The fourth-order valence-electron chi connectivity index (χ4n) is 3.05. The van der Waals surface area contributed by atoms with Gasteiger partial charge >= 0.3 is 11.9 Å². The number of hydrogen-bond acceptors (Lipinski definition) is 5. The lowest BCUT2D eigenvalue weighted by atomic mass is 9.94. The Labute approximate surface area is 142 Å². The van der Waals surface area contributed by atoms with Gasteiger partial charge in [-0.15, -0.1) is 0 Å². The van der Waals surface area contributed by atoms with Gasteiger partial charge in [0.25, 0.3) is 0 Å². The second-order valence-electron chi connectivity index (χ2n) is 7.15. The summed E-state index contributed by atoms with van der Waals surface area (Å²) < 4.78 is 17.2. The molecular formula is C19H24O5. The smallest absolute Gasteiger partial charge is 0.311 e. The number of ether oxygens (including phenoxy) is 3. The van der Waals surface area contributed by atoms with Crippen LogP contribution < -0.4 is 9.47 Å². The van der Waals surface area contributed by atoms with Crippen molar-refractivity contribution in [2.45, 2.75) is 65.1 Å². The fourth-order valence-corrected chi connectivity index (χ4v) is 3.05. The minimum atomic E-state index is -0.759. The first-order valence-electron chi connectivity index (χ1n) is 8.56. The van der Waals surface area contributed by atoms with Gasteiger partial charge in [0.15, 0.2) is 0 Å². The molecule has 2 aliphatic rings. The first-order valence-corrected chi connectivity index (χ1v) is 8.56. The van der Waals surface area contributed by atoms with Crippen LogP contribution in [0.4, 0.5) is 0 Å².